The van der Waals surface area contributed by atoms with Gasteiger partial charge in [0, 0.05) is 13.1 Å². The average Bonchev–Trinajstić information content (AvgIpc) is 3.31. The van der Waals surface area contributed by atoms with E-state index < -0.39 is 0 Å². The zero-order valence-electron chi connectivity index (χ0n) is 13.5. The molecule has 1 heterocycles. The van der Waals surface area contributed by atoms with E-state index in [-0.39, 0.29) is 5.91 Å². The molecule has 0 radical (unpaired) electrons. The molecule has 1 aliphatic rings. The molecule has 1 aromatic carbocycles. The van der Waals surface area contributed by atoms with Crippen molar-refractivity contribution >= 4 is 28.7 Å². The molecule has 4 nitrogen and oxygen atoms in total. The van der Waals surface area contributed by atoms with Crippen LogP contribution in [0.4, 0.5) is 0 Å². The van der Waals surface area contributed by atoms with Crippen molar-refractivity contribution in [2.24, 2.45) is 5.92 Å². The van der Waals surface area contributed by atoms with Crippen molar-refractivity contribution in [2.75, 3.05) is 13.3 Å². The number of aromatic nitrogens is 2. The molecular formula is C17H23N3OS. The number of nitrogens with zero attached hydrogens (tertiary/aromatic N) is 3. The van der Waals surface area contributed by atoms with Crippen molar-refractivity contribution in [1.29, 1.82) is 0 Å². The summed E-state index contributed by atoms with van der Waals surface area (Å²) in [6.07, 6.45) is 4.57. The Hall–Kier alpha value is -1.49. The summed E-state index contributed by atoms with van der Waals surface area (Å²) in [5.41, 5.74) is 2.02. The number of likely N-dealkylation sites (N-methyl/N-ethyl adjacent to an activating group) is 1. The lowest BCUT2D eigenvalue weighted by molar-refractivity contribution is -0.132. The Balaban J connectivity index is 1.85. The second kappa shape index (κ2) is 6.32. The van der Waals surface area contributed by atoms with Gasteiger partial charge in [0.05, 0.1) is 16.8 Å². The summed E-state index contributed by atoms with van der Waals surface area (Å²) in [7, 11) is 1.93. The zero-order valence-corrected chi connectivity index (χ0v) is 14.3. The normalized spacial score (nSPS) is 16.0. The predicted molar refractivity (Wildman–Crippen MR) is 91.9 cm³/mol. The van der Waals surface area contributed by atoms with Crippen LogP contribution >= 0.6 is 11.8 Å². The Morgan fingerprint density at radius 1 is 1.45 bits per heavy atom. The molecule has 0 N–H and O–H groups in total. The number of rotatable bonds is 6. The topological polar surface area (TPSA) is 38.1 Å². The lowest BCUT2D eigenvalue weighted by atomic mass is 10.2. The molecule has 1 saturated carbocycles. The third-order valence-electron chi connectivity index (χ3n) is 4.61. The fourth-order valence-corrected chi connectivity index (χ4v) is 3.39. The van der Waals surface area contributed by atoms with E-state index in [9.17, 15) is 4.79 Å². The summed E-state index contributed by atoms with van der Waals surface area (Å²) in [6.45, 7) is 2.54. The van der Waals surface area contributed by atoms with Gasteiger partial charge in [0.25, 0.3) is 0 Å². The second-order valence-corrected chi connectivity index (χ2v) is 6.98. The van der Waals surface area contributed by atoms with Gasteiger partial charge in [-0.3, -0.25) is 4.79 Å². The van der Waals surface area contributed by atoms with Gasteiger partial charge in [-0.15, -0.1) is 0 Å². The molecule has 1 aliphatic carbocycles. The van der Waals surface area contributed by atoms with Gasteiger partial charge in [-0.1, -0.05) is 12.1 Å². The van der Waals surface area contributed by atoms with Gasteiger partial charge in [-0.05, 0) is 44.1 Å². The summed E-state index contributed by atoms with van der Waals surface area (Å²) in [5, 5.41) is 0. The predicted octanol–water partition coefficient (Wildman–Crippen LogP) is 3.16. The maximum atomic E-state index is 12.7. The zero-order chi connectivity index (χ0) is 15.7. The van der Waals surface area contributed by atoms with Crippen LogP contribution in [0.1, 0.15) is 25.6 Å². The van der Waals surface area contributed by atoms with Crippen molar-refractivity contribution in [2.45, 2.75) is 38.1 Å². The molecule has 1 aromatic heterocycles. The first-order chi connectivity index (χ1) is 10.6. The van der Waals surface area contributed by atoms with Crippen LogP contribution in [0.3, 0.4) is 0 Å². The largest absolute Gasteiger partial charge is 0.341 e. The molecule has 0 spiro atoms. The molecule has 0 bridgehead atoms. The highest BCUT2D eigenvalue weighted by molar-refractivity contribution is 7.97. The van der Waals surface area contributed by atoms with Crippen molar-refractivity contribution in [1.82, 2.24) is 14.5 Å². The fourth-order valence-electron chi connectivity index (χ4n) is 2.91. The summed E-state index contributed by atoms with van der Waals surface area (Å²) >= 11 is 1.73. The molecule has 3 rings (SSSR count). The molecule has 1 fully saturated rings. The number of hydrogen-bond acceptors (Lipinski definition) is 3. The Morgan fingerprint density at radius 3 is 2.86 bits per heavy atom. The molecule has 1 unspecified atom stereocenters. The molecule has 22 heavy (non-hydrogen) atoms. The molecule has 2 aromatic rings. The molecule has 1 atom stereocenters. The first-order valence-electron chi connectivity index (χ1n) is 7.80. The lowest BCUT2D eigenvalue weighted by Crippen LogP contribution is -2.38. The number of imidazole rings is 1. The Kier molecular flexibility index (Phi) is 4.43. The van der Waals surface area contributed by atoms with Crippen molar-refractivity contribution in [3.05, 3.63) is 30.1 Å². The third kappa shape index (κ3) is 3.00. The van der Waals surface area contributed by atoms with E-state index in [1.54, 1.807) is 11.8 Å². The van der Waals surface area contributed by atoms with E-state index in [1.807, 2.05) is 36.2 Å². The molecule has 0 aliphatic heterocycles. The quantitative estimate of drug-likeness (QED) is 0.821. The minimum absolute atomic E-state index is 0.171. The number of carbonyl (C=O) groups excluding carboxylic acids is 1. The SMILES string of the molecule is CSCc1nc2ccccc2n1CC(=O)N(C)C(C)C1CC1. The molecule has 0 saturated heterocycles. The highest BCUT2D eigenvalue weighted by Crippen LogP contribution is 2.34. The van der Waals surface area contributed by atoms with Crippen molar-refractivity contribution in [3.8, 4) is 0 Å². The van der Waals surface area contributed by atoms with Crippen LogP contribution in [0.2, 0.25) is 0 Å². The van der Waals surface area contributed by atoms with E-state index in [4.69, 9.17) is 0 Å². The molecule has 5 heteroatoms. The average molecular weight is 317 g/mol. The Morgan fingerprint density at radius 2 is 2.18 bits per heavy atom. The number of hydrogen-bond donors (Lipinski definition) is 0. The van der Waals surface area contributed by atoms with E-state index in [0.29, 0.717) is 18.5 Å². The fraction of sp³-hybridized carbons (Fsp3) is 0.529. The summed E-state index contributed by atoms with van der Waals surface area (Å²) in [4.78, 5) is 19.2. The number of para-hydroxylation sites is 2. The first kappa shape index (κ1) is 15.4. The molecular weight excluding hydrogens is 294 g/mol. The Labute approximate surface area is 135 Å². The van der Waals surface area contributed by atoms with Gasteiger partial charge in [0.2, 0.25) is 5.91 Å². The maximum Gasteiger partial charge on any atom is 0.242 e. The molecule has 1 amide bonds. The minimum atomic E-state index is 0.171. The van der Waals surface area contributed by atoms with E-state index >= 15 is 0 Å². The highest BCUT2D eigenvalue weighted by atomic mass is 32.2. The molecule has 118 valence electrons. The van der Waals surface area contributed by atoms with E-state index in [2.05, 4.69) is 22.7 Å². The maximum absolute atomic E-state index is 12.7. The van der Waals surface area contributed by atoms with Crippen LogP contribution in [0.15, 0.2) is 24.3 Å². The summed E-state index contributed by atoms with van der Waals surface area (Å²) in [5.74, 6) is 2.67. The monoisotopic (exact) mass is 317 g/mol. The Bertz CT molecular complexity index is 678. The van der Waals surface area contributed by atoms with Crippen LogP contribution in [-0.4, -0.2) is 39.7 Å². The minimum Gasteiger partial charge on any atom is -0.341 e. The van der Waals surface area contributed by atoms with Crippen molar-refractivity contribution in [3.63, 3.8) is 0 Å². The van der Waals surface area contributed by atoms with E-state index in [0.717, 1.165) is 22.6 Å². The summed E-state index contributed by atoms with van der Waals surface area (Å²) < 4.78 is 2.07. The number of benzene rings is 1. The summed E-state index contributed by atoms with van der Waals surface area (Å²) in [6, 6.07) is 8.39. The number of fused-ring (bicyclic) bond motifs is 1. The van der Waals surface area contributed by atoms with Gasteiger partial charge >= 0.3 is 0 Å². The van der Waals surface area contributed by atoms with Gasteiger partial charge in [-0.25, -0.2) is 4.98 Å². The first-order valence-corrected chi connectivity index (χ1v) is 9.20. The van der Waals surface area contributed by atoms with Gasteiger partial charge < -0.3 is 9.47 Å². The van der Waals surface area contributed by atoms with Crippen molar-refractivity contribution < 1.29 is 4.79 Å². The van der Waals surface area contributed by atoms with E-state index in [1.165, 1.54) is 12.8 Å². The van der Waals surface area contributed by atoms with Gasteiger partial charge in [0.15, 0.2) is 0 Å². The van der Waals surface area contributed by atoms with Crippen LogP contribution in [0.25, 0.3) is 11.0 Å². The van der Waals surface area contributed by atoms with Crippen LogP contribution in [0, 0.1) is 5.92 Å². The third-order valence-corrected chi connectivity index (χ3v) is 5.16. The second-order valence-electron chi connectivity index (χ2n) is 6.12. The lowest BCUT2D eigenvalue weighted by Gasteiger charge is -2.25. The van der Waals surface area contributed by atoms with Crippen LogP contribution < -0.4 is 0 Å². The standard InChI is InChI=1S/C17H23N3OS/c1-12(13-8-9-13)19(2)17(21)10-20-15-7-5-4-6-14(15)18-16(20)11-22-3/h4-7,12-13H,8-11H2,1-3H3. The van der Waals surface area contributed by atoms with Gasteiger partial charge in [-0.2, -0.15) is 11.8 Å². The van der Waals surface area contributed by atoms with Gasteiger partial charge in [0.1, 0.15) is 12.4 Å². The van der Waals surface area contributed by atoms with Crippen LogP contribution in [0.5, 0.6) is 0 Å². The number of amides is 1. The number of thioether (sulfide) groups is 1. The smallest absolute Gasteiger partial charge is 0.242 e. The van der Waals surface area contributed by atoms with Crippen LogP contribution in [-0.2, 0) is 17.1 Å². The number of carbonyl (C=O) groups is 1. The highest BCUT2D eigenvalue weighted by Gasteiger charge is 2.32.